The van der Waals surface area contributed by atoms with Crippen molar-refractivity contribution >= 4 is 11.9 Å². The van der Waals surface area contributed by atoms with E-state index in [9.17, 15) is 9.59 Å². The number of carbonyl (C=O) groups excluding carboxylic acids is 1. The topological polar surface area (TPSA) is 57.6 Å². The van der Waals surface area contributed by atoms with Gasteiger partial charge >= 0.3 is 5.97 Å². The smallest absolute Gasteiger partial charge is 0.335 e. The van der Waals surface area contributed by atoms with Gasteiger partial charge in [-0.2, -0.15) is 0 Å². The van der Waals surface area contributed by atoms with Crippen molar-refractivity contribution in [3.05, 3.63) is 35.4 Å². The first kappa shape index (κ1) is 12.6. The zero-order valence-corrected chi connectivity index (χ0v) is 10.6. The van der Waals surface area contributed by atoms with Crippen molar-refractivity contribution < 1.29 is 14.7 Å². The number of carbonyl (C=O) groups is 2. The Morgan fingerprint density at radius 3 is 2.56 bits per heavy atom. The minimum atomic E-state index is -1.01. The van der Waals surface area contributed by atoms with Gasteiger partial charge in [0.25, 0.3) is 5.91 Å². The Morgan fingerprint density at radius 1 is 1.39 bits per heavy atom. The highest BCUT2D eigenvalue weighted by molar-refractivity contribution is 5.97. The van der Waals surface area contributed by atoms with E-state index in [2.05, 4.69) is 6.92 Å². The number of nitrogens with zero attached hydrogens (tertiary/aromatic N) is 1. The van der Waals surface area contributed by atoms with Crippen molar-refractivity contribution in [1.29, 1.82) is 0 Å². The monoisotopic (exact) mass is 247 g/mol. The Hall–Kier alpha value is -1.84. The number of hydrogen-bond donors (Lipinski definition) is 1. The molecule has 0 bridgehead atoms. The van der Waals surface area contributed by atoms with Crippen molar-refractivity contribution in [2.45, 2.75) is 13.3 Å². The first-order chi connectivity index (χ1) is 8.49. The van der Waals surface area contributed by atoms with Crippen LogP contribution in [0, 0.1) is 11.8 Å². The van der Waals surface area contributed by atoms with Gasteiger partial charge in [0.15, 0.2) is 0 Å². The fourth-order valence-electron chi connectivity index (χ4n) is 2.09. The third-order valence-electron chi connectivity index (χ3n) is 3.49. The van der Waals surface area contributed by atoms with Gasteiger partial charge in [-0.1, -0.05) is 13.0 Å². The molecule has 0 radical (unpaired) electrons. The van der Waals surface area contributed by atoms with Crippen LogP contribution in [-0.4, -0.2) is 35.5 Å². The summed E-state index contributed by atoms with van der Waals surface area (Å²) in [5.74, 6) is 0.174. The van der Waals surface area contributed by atoms with Crippen LogP contribution >= 0.6 is 0 Å². The van der Waals surface area contributed by atoms with E-state index < -0.39 is 5.97 Å². The predicted molar refractivity (Wildman–Crippen MR) is 67.6 cm³/mol. The van der Waals surface area contributed by atoms with E-state index in [1.807, 2.05) is 0 Å². The molecule has 1 amide bonds. The van der Waals surface area contributed by atoms with Gasteiger partial charge in [-0.15, -0.1) is 0 Å². The summed E-state index contributed by atoms with van der Waals surface area (Å²) >= 11 is 0. The van der Waals surface area contributed by atoms with Gasteiger partial charge in [0.05, 0.1) is 5.56 Å². The summed E-state index contributed by atoms with van der Waals surface area (Å²) in [5.41, 5.74) is 0.583. The maximum Gasteiger partial charge on any atom is 0.335 e. The van der Waals surface area contributed by atoms with Gasteiger partial charge < -0.3 is 10.0 Å². The highest BCUT2D eigenvalue weighted by Gasteiger charge is 2.34. The molecule has 18 heavy (non-hydrogen) atoms. The molecule has 0 aromatic heterocycles. The van der Waals surface area contributed by atoms with Crippen LogP contribution in [0.2, 0.25) is 0 Å². The lowest BCUT2D eigenvalue weighted by Crippen LogP contribution is -2.29. The molecule has 4 heteroatoms. The lowest BCUT2D eigenvalue weighted by Gasteiger charge is -2.17. The van der Waals surface area contributed by atoms with E-state index in [4.69, 9.17) is 5.11 Å². The number of hydrogen-bond acceptors (Lipinski definition) is 2. The minimum absolute atomic E-state index is 0.114. The highest BCUT2D eigenvalue weighted by Crippen LogP contribution is 2.38. The van der Waals surface area contributed by atoms with Crippen molar-refractivity contribution in [3.8, 4) is 0 Å². The van der Waals surface area contributed by atoms with Crippen LogP contribution in [0.4, 0.5) is 0 Å². The third-order valence-corrected chi connectivity index (χ3v) is 3.49. The van der Waals surface area contributed by atoms with E-state index in [-0.39, 0.29) is 11.5 Å². The fourth-order valence-corrected chi connectivity index (χ4v) is 2.09. The van der Waals surface area contributed by atoms with E-state index in [1.165, 1.54) is 18.6 Å². The lowest BCUT2D eigenvalue weighted by molar-refractivity contribution is 0.0697. The predicted octanol–water partition coefficient (Wildman–Crippen LogP) is 2.11. The molecule has 2 unspecified atom stereocenters. The second kappa shape index (κ2) is 4.80. The largest absolute Gasteiger partial charge is 0.478 e. The number of carboxylic acids is 1. The first-order valence-electron chi connectivity index (χ1n) is 6.08. The third kappa shape index (κ3) is 2.70. The summed E-state index contributed by atoms with van der Waals surface area (Å²) in [4.78, 5) is 24.6. The number of rotatable bonds is 4. The lowest BCUT2D eigenvalue weighted by atomic mass is 10.1. The number of benzene rings is 1. The first-order valence-corrected chi connectivity index (χ1v) is 6.08. The molecule has 1 N–H and O–H groups in total. The molecule has 0 heterocycles. The summed E-state index contributed by atoms with van der Waals surface area (Å²) in [6.07, 6.45) is 1.17. The zero-order valence-electron chi connectivity index (χ0n) is 10.6. The summed E-state index contributed by atoms with van der Waals surface area (Å²) in [6, 6.07) is 6.17. The van der Waals surface area contributed by atoms with E-state index in [0.717, 1.165) is 6.54 Å². The quantitative estimate of drug-likeness (QED) is 0.886. The van der Waals surface area contributed by atoms with Crippen molar-refractivity contribution in [1.82, 2.24) is 4.90 Å². The zero-order chi connectivity index (χ0) is 13.3. The molecule has 0 saturated heterocycles. The number of carboxylic acid groups (broad SMARTS) is 1. The van der Waals surface area contributed by atoms with Crippen LogP contribution in [0.1, 0.15) is 34.1 Å². The molecule has 1 fully saturated rings. The molecule has 1 aliphatic carbocycles. The summed E-state index contributed by atoms with van der Waals surface area (Å²) in [7, 11) is 1.76. The maximum absolute atomic E-state index is 12.1. The number of amides is 1. The van der Waals surface area contributed by atoms with Crippen LogP contribution in [0.5, 0.6) is 0 Å². The summed E-state index contributed by atoms with van der Waals surface area (Å²) < 4.78 is 0. The molecular formula is C14H17NO3. The molecule has 1 aliphatic rings. The maximum atomic E-state index is 12.1. The molecule has 4 nitrogen and oxygen atoms in total. The second-order valence-electron chi connectivity index (χ2n) is 5.04. The van der Waals surface area contributed by atoms with Gasteiger partial charge in [0.1, 0.15) is 0 Å². The molecule has 0 aliphatic heterocycles. The van der Waals surface area contributed by atoms with E-state index in [0.29, 0.717) is 17.4 Å². The van der Waals surface area contributed by atoms with E-state index in [1.54, 1.807) is 24.1 Å². The summed E-state index contributed by atoms with van der Waals surface area (Å²) in [5, 5.41) is 8.89. The molecule has 2 atom stereocenters. The number of aromatic carboxylic acids is 1. The molecular weight excluding hydrogens is 230 g/mol. The average Bonchev–Trinajstić information content (AvgIpc) is 3.04. The van der Waals surface area contributed by atoms with Crippen molar-refractivity contribution in [2.75, 3.05) is 13.6 Å². The van der Waals surface area contributed by atoms with Gasteiger partial charge in [0.2, 0.25) is 0 Å². The average molecular weight is 247 g/mol. The van der Waals surface area contributed by atoms with Crippen LogP contribution < -0.4 is 0 Å². The van der Waals surface area contributed by atoms with E-state index >= 15 is 0 Å². The van der Waals surface area contributed by atoms with Gasteiger partial charge in [-0.25, -0.2) is 4.79 Å². The van der Waals surface area contributed by atoms with Crippen LogP contribution in [0.3, 0.4) is 0 Å². The molecule has 2 rings (SSSR count). The standard InChI is InChI=1S/C14H17NO3/c1-9-6-12(9)8-15(2)13(16)10-4-3-5-11(7-10)14(17)18/h3-5,7,9,12H,6,8H2,1-2H3,(H,17,18). The second-order valence-corrected chi connectivity index (χ2v) is 5.04. The minimum Gasteiger partial charge on any atom is -0.478 e. The Kier molecular flexibility index (Phi) is 3.36. The van der Waals surface area contributed by atoms with Gasteiger partial charge in [-0.05, 0) is 36.5 Å². The van der Waals surface area contributed by atoms with Crippen LogP contribution in [0.15, 0.2) is 24.3 Å². The van der Waals surface area contributed by atoms with Gasteiger partial charge in [-0.3, -0.25) is 4.79 Å². The Labute approximate surface area is 106 Å². The Morgan fingerprint density at radius 2 is 2.00 bits per heavy atom. The molecule has 0 spiro atoms. The van der Waals surface area contributed by atoms with Crippen molar-refractivity contribution in [3.63, 3.8) is 0 Å². The fraction of sp³-hybridized carbons (Fsp3) is 0.429. The van der Waals surface area contributed by atoms with Crippen molar-refractivity contribution in [2.24, 2.45) is 11.8 Å². The normalized spacial score (nSPS) is 21.4. The summed E-state index contributed by atoms with van der Waals surface area (Å²) in [6.45, 7) is 2.92. The van der Waals surface area contributed by atoms with Crippen LogP contribution in [0.25, 0.3) is 0 Å². The Bertz CT molecular complexity index is 484. The molecule has 1 aromatic carbocycles. The van der Waals surface area contributed by atoms with Gasteiger partial charge in [0, 0.05) is 19.2 Å². The SMILES string of the molecule is CC1CC1CN(C)C(=O)c1cccc(C(=O)O)c1. The Balaban J connectivity index is 2.07. The molecule has 1 aromatic rings. The molecule has 96 valence electrons. The highest BCUT2D eigenvalue weighted by atomic mass is 16.4. The molecule has 1 saturated carbocycles. The van der Waals surface area contributed by atoms with Crippen LogP contribution in [-0.2, 0) is 0 Å².